The Morgan fingerprint density at radius 1 is 1.44 bits per heavy atom. The van der Waals surface area contributed by atoms with Crippen molar-refractivity contribution in [3.05, 3.63) is 29.8 Å². The van der Waals surface area contributed by atoms with Crippen molar-refractivity contribution >= 4 is 5.97 Å². The number of hydrogen-bond acceptors (Lipinski definition) is 3. The highest BCUT2D eigenvalue weighted by molar-refractivity contribution is 5.72. The van der Waals surface area contributed by atoms with Crippen molar-refractivity contribution in [2.75, 3.05) is 6.61 Å². The molecule has 2 rings (SSSR count). The van der Waals surface area contributed by atoms with Crippen LogP contribution in [0, 0.1) is 0 Å². The molecule has 1 atom stereocenters. The number of carbonyl (C=O) groups is 1. The highest BCUT2D eigenvalue weighted by Gasteiger charge is 2.39. The molecule has 1 aliphatic rings. The second kappa shape index (κ2) is 4.16. The molecule has 1 unspecified atom stereocenters. The van der Waals surface area contributed by atoms with E-state index in [9.17, 15) is 4.79 Å². The van der Waals surface area contributed by atoms with Crippen LogP contribution in [0.5, 0.6) is 5.75 Å². The van der Waals surface area contributed by atoms with Gasteiger partial charge in [0.15, 0.2) is 0 Å². The standard InChI is InChI=1S/C13H16O3/c1-3-15-11-7-5-4-6-10(11)13(2)9-8-12(14)16-13/h4-7H,3,8-9H2,1-2H3. The predicted molar refractivity (Wildman–Crippen MR) is 60.3 cm³/mol. The fourth-order valence-electron chi connectivity index (χ4n) is 2.07. The van der Waals surface area contributed by atoms with Gasteiger partial charge in [0, 0.05) is 18.4 Å². The van der Waals surface area contributed by atoms with Crippen molar-refractivity contribution in [2.45, 2.75) is 32.3 Å². The van der Waals surface area contributed by atoms with Crippen LogP contribution in [-0.2, 0) is 15.1 Å². The van der Waals surface area contributed by atoms with Crippen LogP contribution in [0.25, 0.3) is 0 Å². The molecule has 0 saturated carbocycles. The van der Waals surface area contributed by atoms with Crippen LogP contribution < -0.4 is 4.74 Å². The summed E-state index contributed by atoms with van der Waals surface area (Å²) in [4.78, 5) is 11.2. The zero-order valence-electron chi connectivity index (χ0n) is 9.66. The van der Waals surface area contributed by atoms with E-state index in [0.29, 0.717) is 13.0 Å². The summed E-state index contributed by atoms with van der Waals surface area (Å²) in [6.07, 6.45) is 1.20. The topological polar surface area (TPSA) is 35.5 Å². The Kier molecular flexibility index (Phi) is 2.86. The lowest BCUT2D eigenvalue weighted by atomic mass is 9.92. The van der Waals surface area contributed by atoms with Gasteiger partial charge in [-0.2, -0.15) is 0 Å². The van der Waals surface area contributed by atoms with Gasteiger partial charge in [-0.15, -0.1) is 0 Å². The van der Waals surface area contributed by atoms with E-state index in [1.165, 1.54) is 0 Å². The predicted octanol–water partition coefficient (Wildman–Crippen LogP) is 2.64. The first-order valence-corrected chi connectivity index (χ1v) is 5.60. The monoisotopic (exact) mass is 220 g/mol. The summed E-state index contributed by atoms with van der Waals surface area (Å²) < 4.78 is 11.0. The Hall–Kier alpha value is -1.51. The van der Waals surface area contributed by atoms with E-state index >= 15 is 0 Å². The molecular weight excluding hydrogens is 204 g/mol. The van der Waals surface area contributed by atoms with Crippen molar-refractivity contribution in [2.24, 2.45) is 0 Å². The van der Waals surface area contributed by atoms with Gasteiger partial charge < -0.3 is 9.47 Å². The molecule has 1 aliphatic heterocycles. The SMILES string of the molecule is CCOc1ccccc1C1(C)CCC(=O)O1. The third-order valence-electron chi connectivity index (χ3n) is 2.90. The molecule has 1 aromatic rings. The van der Waals surface area contributed by atoms with Crippen molar-refractivity contribution in [1.82, 2.24) is 0 Å². The number of para-hydroxylation sites is 1. The normalized spacial score (nSPS) is 24.2. The van der Waals surface area contributed by atoms with E-state index in [4.69, 9.17) is 9.47 Å². The molecule has 86 valence electrons. The molecule has 1 saturated heterocycles. The number of benzene rings is 1. The molecule has 0 radical (unpaired) electrons. The number of ether oxygens (including phenoxy) is 2. The smallest absolute Gasteiger partial charge is 0.306 e. The van der Waals surface area contributed by atoms with E-state index in [2.05, 4.69) is 0 Å². The Labute approximate surface area is 95.4 Å². The van der Waals surface area contributed by atoms with E-state index in [-0.39, 0.29) is 5.97 Å². The number of esters is 1. The van der Waals surface area contributed by atoms with Crippen LogP contribution in [0.4, 0.5) is 0 Å². The number of carbonyl (C=O) groups excluding carboxylic acids is 1. The van der Waals surface area contributed by atoms with Gasteiger partial charge in [0.25, 0.3) is 0 Å². The summed E-state index contributed by atoms with van der Waals surface area (Å²) in [7, 11) is 0. The van der Waals surface area contributed by atoms with Crippen molar-refractivity contribution < 1.29 is 14.3 Å². The maximum absolute atomic E-state index is 11.2. The average molecular weight is 220 g/mol. The molecule has 0 spiro atoms. The molecular formula is C13H16O3. The zero-order valence-corrected chi connectivity index (χ0v) is 9.66. The van der Waals surface area contributed by atoms with Crippen LogP contribution in [0.15, 0.2) is 24.3 Å². The first kappa shape index (κ1) is 11.0. The van der Waals surface area contributed by atoms with Crippen molar-refractivity contribution in [3.63, 3.8) is 0 Å². The van der Waals surface area contributed by atoms with Gasteiger partial charge in [-0.25, -0.2) is 0 Å². The van der Waals surface area contributed by atoms with Crippen LogP contribution in [0.1, 0.15) is 32.3 Å². The molecule has 0 bridgehead atoms. The van der Waals surface area contributed by atoms with Gasteiger partial charge in [-0.05, 0) is 19.9 Å². The molecule has 1 heterocycles. The summed E-state index contributed by atoms with van der Waals surface area (Å²) in [5.74, 6) is 0.677. The summed E-state index contributed by atoms with van der Waals surface area (Å²) >= 11 is 0. The average Bonchev–Trinajstić information content (AvgIpc) is 2.61. The largest absolute Gasteiger partial charge is 0.493 e. The molecule has 3 heteroatoms. The van der Waals surface area contributed by atoms with Gasteiger partial charge in [0.05, 0.1) is 6.61 Å². The minimum absolute atomic E-state index is 0.131. The Balaban J connectivity index is 2.35. The fraction of sp³-hybridized carbons (Fsp3) is 0.462. The van der Waals surface area contributed by atoms with E-state index in [0.717, 1.165) is 17.7 Å². The van der Waals surface area contributed by atoms with E-state index in [1.54, 1.807) is 0 Å². The molecule has 3 nitrogen and oxygen atoms in total. The minimum atomic E-state index is -0.525. The number of cyclic esters (lactones) is 1. The third kappa shape index (κ3) is 1.90. The molecule has 16 heavy (non-hydrogen) atoms. The summed E-state index contributed by atoms with van der Waals surface area (Å²) in [6, 6.07) is 7.74. The second-order valence-corrected chi connectivity index (χ2v) is 4.13. The van der Waals surface area contributed by atoms with E-state index < -0.39 is 5.60 Å². The summed E-state index contributed by atoms with van der Waals surface area (Å²) in [5, 5.41) is 0. The minimum Gasteiger partial charge on any atom is -0.493 e. The van der Waals surface area contributed by atoms with Gasteiger partial charge in [-0.1, -0.05) is 18.2 Å². The van der Waals surface area contributed by atoms with Crippen LogP contribution in [0.3, 0.4) is 0 Å². The quantitative estimate of drug-likeness (QED) is 0.734. The van der Waals surface area contributed by atoms with Crippen molar-refractivity contribution in [3.8, 4) is 5.75 Å². The zero-order chi connectivity index (χ0) is 11.6. The lowest BCUT2D eigenvalue weighted by Crippen LogP contribution is -2.22. The van der Waals surface area contributed by atoms with Gasteiger partial charge in [-0.3, -0.25) is 4.79 Å². The molecule has 0 aliphatic carbocycles. The molecule has 1 aromatic carbocycles. The maximum atomic E-state index is 11.2. The Morgan fingerprint density at radius 2 is 2.19 bits per heavy atom. The first-order valence-electron chi connectivity index (χ1n) is 5.60. The second-order valence-electron chi connectivity index (χ2n) is 4.13. The van der Waals surface area contributed by atoms with Crippen LogP contribution >= 0.6 is 0 Å². The summed E-state index contributed by atoms with van der Waals surface area (Å²) in [6.45, 7) is 4.50. The summed E-state index contributed by atoms with van der Waals surface area (Å²) in [5.41, 5.74) is 0.436. The molecule has 0 N–H and O–H groups in total. The lowest BCUT2D eigenvalue weighted by molar-refractivity contribution is -0.147. The van der Waals surface area contributed by atoms with Gasteiger partial charge in [0.2, 0.25) is 0 Å². The fourth-order valence-corrected chi connectivity index (χ4v) is 2.07. The van der Waals surface area contributed by atoms with Crippen molar-refractivity contribution in [1.29, 1.82) is 0 Å². The van der Waals surface area contributed by atoms with E-state index in [1.807, 2.05) is 38.1 Å². The Bertz CT molecular complexity index is 400. The number of hydrogen-bond donors (Lipinski definition) is 0. The van der Waals surface area contributed by atoms with Gasteiger partial charge >= 0.3 is 5.97 Å². The number of rotatable bonds is 3. The lowest BCUT2D eigenvalue weighted by Gasteiger charge is -2.25. The third-order valence-corrected chi connectivity index (χ3v) is 2.90. The highest BCUT2D eigenvalue weighted by Crippen LogP contribution is 2.40. The molecule has 0 amide bonds. The van der Waals surface area contributed by atoms with Crippen LogP contribution in [-0.4, -0.2) is 12.6 Å². The Morgan fingerprint density at radius 3 is 2.81 bits per heavy atom. The van der Waals surface area contributed by atoms with Crippen LogP contribution in [0.2, 0.25) is 0 Å². The molecule has 1 fully saturated rings. The molecule has 0 aromatic heterocycles. The highest BCUT2D eigenvalue weighted by atomic mass is 16.6. The first-order chi connectivity index (χ1) is 7.65. The maximum Gasteiger partial charge on any atom is 0.306 e. The van der Waals surface area contributed by atoms with Gasteiger partial charge in [0.1, 0.15) is 11.4 Å².